The highest BCUT2D eigenvalue weighted by molar-refractivity contribution is 6.30. The molecule has 5 rings (SSSR count). The van der Waals surface area contributed by atoms with Gasteiger partial charge in [-0.15, -0.1) is 0 Å². The van der Waals surface area contributed by atoms with E-state index >= 15 is 0 Å². The van der Waals surface area contributed by atoms with Crippen molar-refractivity contribution < 1.29 is 14.2 Å². The molecule has 2 heterocycles. The number of nitrogens with zero attached hydrogens (tertiary/aromatic N) is 2. The lowest BCUT2D eigenvalue weighted by molar-refractivity contribution is -0.0205. The maximum absolute atomic E-state index is 6.47. The van der Waals surface area contributed by atoms with Crippen molar-refractivity contribution in [2.24, 2.45) is 5.10 Å². The molecule has 0 radical (unpaired) electrons. The minimum absolute atomic E-state index is 0.0266. The van der Waals surface area contributed by atoms with E-state index in [0.717, 1.165) is 46.1 Å². The Labute approximate surface area is 193 Å². The average Bonchev–Trinajstić information content (AvgIpc) is 3.26. The second-order valence-corrected chi connectivity index (χ2v) is 8.16. The van der Waals surface area contributed by atoms with Crippen LogP contribution in [0, 0.1) is 0 Å². The fourth-order valence-corrected chi connectivity index (χ4v) is 4.50. The molecule has 0 spiro atoms. The monoisotopic (exact) mass is 448 g/mol. The highest BCUT2D eigenvalue weighted by atomic mass is 35.5. The Morgan fingerprint density at radius 2 is 1.75 bits per heavy atom. The van der Waals surface area contributed by atoms with Crippen molar-refractivity contribution in [3.63, 3.8) is 0 Å². The van der Waals surface area contributed by atoms with Gasteiger partial charge in [0.05, 0.1) is 30.5 Å². The fraction of sp³-hybridized carbons (Fsp3) is 0.269. The third kappa shape index (κ3) is 3.78. The molecular formula is C26H25ClN2O3. The van der Waals surface area contributed by atoms with Gasteiger partial charge in [0.1, 0.15) is 17.2 Å². The number of hydrogen-bond acceptors (Lipinski definition) is 5. The molecular weight excluding hydrogens is 424 g/mol. The van der Waals surface area contributed by atoms with E-state index in [0.29, 0.717) is 18.2 Å². The second-order valence-electron chi connectivity index (χ2n) is 7.73. The summed E-state index contributed by atoms with van der Waals surface area (Å²) in [6, 6.07) is 21.9. The van der Waals surface area contributed by atoms with Gasteiger partial charge in [-0.2, -0.15) is 5.10 Å². The summed E-state index contributed by atoms with van der Waals surface area (Å²) < 4.78 is 18.0. The summed E-state index contributed by atoms with van der Waals surface area (Å²) in [5.74, 6) is 2.49. The fourth-order valence-electron chi connectivity index (χ4n) is 4.32. The molecule has 2 aliphatic heterocycles. The molecule has 0 fully saturated rings. The van der Waals surface area contributed by atoms with E-state index in [1.54, 1.807) is 0 Å². The van der Waals surface area contributed by atoms with Crippen LogP contribution in [0.1, 0.15) is 49.2 Å². The smallest absolute Gasteiger partial charge is 0.217 e. The van der Waals surface area contributed by atoms with Crippen molar-refractivity contribution in [3.05, 3.63) is 88.4 Å². The van der Waals surface area contributed by atoms with Crippen molar-refractivity contribution in [2.75, 3.05) is 13.2 Å². The van der Waals surface area contributed by atoms with Gasteiger partial charge in [0, 0.05) is 17.0 Å². The summed E-state index contributed by atoms with van der Waals surface area (Å²) in [7, 11) is 0. The van der Waals surface area contributed by atoms with Crippen LogP contribution in [-0.2, 0) is 0 Å². The first kappa shape index (κ1) is 20.7. The molecule has 3 aromatic rings. The molecule has 0 unspecified atom stereocenters. The van der Waals surface area contributed by atoms with Crippen LogP contribution in [-0.4, -0.2) is 23.9 Å². The first-order chi connectivity index (χ1) is 15.7. The molecule has 0 saturated heterocycles. The zero-order chi connectivity index (χ0) is 22.1. The minimum atomic E-state index is -0.392. The number of fused-ring (bicyclic) bond motifs is 3. The summed E-state index contributed by atoms with van der Waals surface area (Å²) in [5, 5.41) is 7.76. The molecule has 6 heteroatoms. The third-order valence-electron chi connectivity index (χ3n) is 5.74. The number of para-hydroxylation sites is 1. The summed E-state index contributed by atoms with van der Waals surface area (Å²) in [6.45, 7) is 5.19. The first-order valence-corrected chi connectivity index (χ1v) is 11.3. The lowest BCUT2D eigenvalue weighted by Crippen LogP contribution is -2.34. The maximum atomic E-state index is 6.47. The Bertz CT molecular complexity index is 1150. The molecule has 164 valence electrons. The van der Waals surface area contributed by atoms with E-state index in [9.17, 15) is 0 Å². The lowest BCUT2D eigenvalue weighted by Gasteiger charge is -2.38. The van der Waals surface area contributed by atoms with Crippen molar-refractivity contribution >= 4 is 17.3 Å². The molecule has 5 nitrogen and oxygen atoms in total. The molecule has 0 amide bonds. The van der Waals surface area contributed by atoms with Crippen LogP contribution in [0.25, 0.3) is 0 Å². The highest BCUT2D eigenvalue weighted by Gasteiger charge is 2.42. The van der Waals surface area contributed by atoms with Crippen LogP contribution in [0.15, 0.2) is 71.8 Å². The Morgan fingerprint density at radius 1 is 0.969 bits per heavy atom. The van der Waals surface area contributed by atoms with E-state index in [4.69, 9.17) is 30.9 Å². The third-order valence-corrected chi connectivity index (χ3v) is 5.97. The van der Waals surface area contributed by atoms with E-state index < -0.39 is 6.23 Å². The van der Waals surface area contributed by atoms with Crippen LogP contribution >= 0.6 is 11.6 Å². The predicted octanol–water partition coefficient (Wildman–Crippen LogP) is 6.38. The molecule has 0 saturated carbocycles. The number of benzene rings is 3. The largest absolute Gasteiger partial charge is 0.494 e. The van der Waals surface area contributed by atoms with E-state index in [-0.39, 0.29) is 6.04 Å². The number of halogens is 1. The van der Waals surface area contributed by atoms with Gasteiger partial charge in [-0.25, -0.2) is 5.01 Å². The van der Waals surface area contributed by atoms with Crippen molar-refractivity contribution in [1.82, 2.24) is 5.01 Å². The van der Waals surface area contributed by atoms with Crippen molar-refractivity contribution in [1.29, 1.82) is 0 Å². The predicted molar refractivity (Wildman–Crippen MR) is 126 cm³/mol. The molecule has 0 aromatic heterocycles. The Kier molecular flexibility index (Phi) is 5.66. The summed E-state index contributed by atoms with van der Waals surface area (Å²) >= 11 is 6.34. The molecule has 2 aliphatic rings. The van der Waals surface area contributed by atoms with Gasteiger partial charge in [-0.1, -0.05) is 23.7 Å². The van der Waals surface area contributed by atoms with Crippen LogP contribution in [0.3, 0.4) is 0 Å². The van der Waals surface area contributed by atoms with Gasteiger partial charge in [0.15, 0.2) is 0 Å². The summed E-state index contributed by atoms with van der Waals surface area (Å²) in [6.07, 6.45) is 0.370. The maximum Gasteiger partial charge on any atom is 0.217 e. The van der Waals surface area contributed by atoms with E-state index in [2.05, 4.69) is 12.1 Å². The molecule has 2 atom stereocenters. The van der Waals surface area contributed by atoms with Gasteiger partial charge in [0.25, 0.3) is 0 Å². The summed E-state index contributed by atoms with van der Waals surface area (Å²) in [5.41, 5.74) is 4.08. The number of rotatable bonds is 6. The molecule has 3 aromatic carbocycles. The summed E-state index contributed by atoms with van der Waals surface area (Å²) in [4.78, 5) is 0. The van der Waals surface area contributed by atoms with Gasteiger partial charge < -0.3 is 14.2 Å². The van der Waals surface area contributed by atoms with E-state index in [1.165, 1.54) is 0 Å². The van der Waals surface area contributed by atoms with Crippen molar-refractivity contribution in [3.8, 4) is 17.2 Å². The minimum Gasteiger partial charge on any atom is -0.494 e. The number of hydrazone groups is 1. The Morgan fingerprint density at radius 3 is 2.53 bits per heavy atom. The quantitative estimate of drug-likeness (QED) is 0.439. The molecule has 0 aliphatic carbocycles. The highest BCUT2D eigenvalue weighted by Crippen LogP contribution is 2.49. The zero-order valence-corrected chi connectivity index (χ0v) is 18.9. The van der Waals surface area contributed by atoms with Crippen molar-refractivity contribution in [2.45, 2.75) is 32.5 Å². The van der Waals surface area contributed by atoms with Crippen LogP contribution in [0.2, 0.25) is 5.02 Å². The number of ether oxygens (including phenoxy) is 3. The molecule has 0 N–H and O–H groups in total. The molecule has 0 bridgehead atoms. The second kappa shape index (κ2) is 8.75. The Hall–Kier alpha value is -3.18. The lowest BCUT2D eigenvalue weighted by atomic mass is 9.95. The van der Waals surface area contributed by atoms with Crippen LogP contribution < -0.4 is 14.2 Å². The zero-order valence-electron chi connectivity index (χ0n) is 18.1. The number of hydrogen-bond donors (Lipinski definition) is 0. The normalized spacial score (nSPS) is 19.0. The molecule has 32 heavy (non-hydrogen) atoms. The van der Waals surface area contributed by atoms with Gasteiger partial charge >= 0.3 is 0 Å². The average molecular weight is 449 g/mol. The van der Waals surface area contributed by atoms with E-state index in [1.807, 2.05) is 73.5 Å². The first-order valence-electron chi connectivity index (χ1n) is 10.9. The van der Waals surface area contributed by atoms with Crippen LogP contribution in [0.5, 0.6) is 17.2 Å². The van der Waals surface area contributed by atoms with Gasteiger partial charge in [0.2, 0.25) is 6.23 Å². The van der Waals surface area contributed by atoms with Gasteiger partial charge in [-0.05, 0) is 74.0 Å². The standard InChI is InChI=1S/C26H25ClN2O3/c1-3-30-19-12-9-17(10-13-19)22-16-23-21-15-18(27)11-14-25(21)32-26(29(23)28-22)20-7-5-6-8-24(20)31-4-2/h5-15,23,26H,3-4,16H2,1-2H3/t23-,26-/m1/s1. The Balaban J connectivity index is 1.56. The SMILES string of the molecule is CCOc1ccc(C2=NN3[C@H](C2)c2cc(Cl)ccc2O[C@@H]3c2ccccc2OCC)cc1. The topological polar surface area (TPSA) is 43.3 Å². The van der Waals surface area contributed by atoms with Crippen LogP contribution in [0.4, 0.5) is 0 Å². The van der Waals surface area contributed by atoms with Gasteiger partial charge in [-0.3, -0.25) is 0 Å².